The monoisotopic (exact) mass is 273 g/mol. The molecule has 0 saturated heterocycles. The molecule has 2 fully saturated rings. The molecule has 0 spiro atoms. The number of hydrogen-bond donors (Lipinski definition) is 0. The first-order chi connectivity index (χ1) is 8.21. The van der Waals surface area contributed by atoms with E-state index < -0.39 is 36.5 Å². The van der Waals surface area contributed by atoms with Crippen LogP contribution in [0, 0.1) is 23.7 Å². The second kappa shape index (κ2) is 4.60. The first kappa shape index (κ1) is 14.0. The van der Waals surface area contributed by atoms with E-state index >= 15 is 0 Å². The Kier molecular flexibility index (Phi) is 3.58. The van der Waals surface area contributed by atoms with Crippen molar-refractivity contribution in [2.45, 2.75) is 50.9 Å². The van der Waals surface area contributed by atoms with E-state index in [1.165, 1.54) is 0 Å². The maximum absolute atomic E-state index is 13.0. The molecule has 105 valence electrons. The van der Waals surface area contributed by atoms with Crippen LogP contribution in [0.1, 0.15) is 38.5 Å². The van der Waals surface area contributed by atoms with Crippen LogP contribution in [0.3, 0.4) is 0 Å². The summed E-state index contributed by atoms with van der Waals surface area (Å²) >= 11 is 0. The lowest BCUT2D eigenvalue weighted by atomic mass is 9.61. The third-order valence-corrected chi connectivity index (χ3v) is 4.23. The second-order valence-corrected chi connectivity index (χ2v) is 5.28. The van der Waals surface area contributed by atoms with Crippen molar-refractivity contribution in [3.8, 4) is 0 Å². The van der Waals surface area contributed by atoms with Gasteiger partial charge in [-0.2, -0.15) is 26.3 Å². The third kappa shape index (κ3) is 2.62. The lowest BCUT2D eigenvalue weighted by Crippen LogP contribution is -2.47. The molecule has 2 aliphatic rings. The van der Waals surface area contributed by atoms with Crippen molar-refractivity contribution in [2.24, 2.45) is 17.8 Å². The number of rotatable bonds is 0. The zero-order chi connectivity index (χ0) is 13.6. The predicted molar refractivity (Wildman–Crippen MR) is 53.5 cm³/mol. The quantitative estimate of drug-likeness (QED) is 0.550. The molecule has 0 N–H and O–H groups in total. The Balaban J connectivity index is 2.28. The molecule has 18 heavy (non-hydrogen) atoms. The van der Waals surface area contributed by atoms with Crippen molar-refractivity contribution in [2.75, 3.05) is 0 Å². The van der Waals surface area contributed by atoms with Crippen molar-refractivity contribution in [1.29, 1.82) is 0 Å². The Morgan fingerprint density at radius 1 is 0.778 bits per heavy atom. The van der Waals surface area contributed by atoms with Gasteiger partial charge in [0.15, 0.2) is 0 Å². The number of hydrogen-bond acceptors (Lipinski definition) is 0. The maximum Gasteiger partial charge on any atom is 0.396 e. The zero-order valence-corrected chi connectivity index (χ0v) is 9.74. The van der Waals surface area contributed by atoms with Crippen molar-refractivity contribution in [3.05, 3.63) is 5.92 Å². The predicted octanol–water partition coefficient (Wildman–Crippen LogP) is 4.90. The minimum Gasteiger partial charge on any atom is -0.171 e. The van der Waals surface area contributed by atoms with Gasteiger partial charge in [-0.3, -0.25) is 0 Å². The van der Waals surface area contributed by atoms with Gasteiger partial charge in [-0.05, 0) is 31.1 Å². The minimum atomic E-state index is -4.82. The molecule has 2 saturated carbocycles. The van der Waals surface area contributed by atoms with E-state index in [0.717, 1.165) is 6.42 Å². The van der Waals surface area contributed by atoms with E-state index in [0.29, 0.717) is 12.8 Å². The van der Waals surface area contributed by atoms with Crippen LogP contribution in [0.5, 0.6) is 0 Å². The lowest BCUT2D eigenvalue weighted by Gasteiger charge is -2.46. The molecule has 0 amide bonds. The summed E-state index contributed by atoms with van der Waals surface area (Å²) in [4.78, 5) is 0. The van der Waals surface area contributed by atoms with E-state index in [9.17, 15) is 26.3 Å². The fraction of sp³-hybridized carbons (Fsp3) is 0.917. The van der Waals surface area contributed by atoms with Gasteiger partial charge >= 0.3 is 12.4 Å². The van der Waals surface area contributed by atoms with Gasteiger partial charge in [0.2, 0.25) is 0 Å². The van der Waals surface area contributed by atoms with Crippen LogP contribution in [0.2, 0.25) is 0 Å². The third-order valence-electron chi connectivity index (χ3n) is 4.23. The molecule has 0 aromatic heterocycles. The van der Waals surface area contributed by atoms with Crippen molar-refractivity contribution in [1.82, 2.24) is 0 Å². The lowest BCUT2D eigenvalue weighted by molar-refractivity contribution is -0.221. The van der Waals surface area contributed by atoms with Gasteiger partial charge in [-0.15, -0.1) is 0 Å². The normalized spacial score (nSPS) is 35.3. The van der Waals surface area contributed by atoms with Gasteiger partial charge in [0.1, 0.15) is 0 Å². The average molecular weight is 273 g/mol. The highest BCUT2D eigenvalue weighted by molar-refractivity contribution is 5.14. The van der Waals surface area contributed by atoms with Gasteiger partial charge < -0.3 is 0 Å². The Hall–Kier alpha value is -0.420. The molecular weight excluding hydrogens is 258 g/mol. The molecule has 1 radical (unpaired) electrons. The van der Waals surface area contributed by atoms with Crippen LogP contribution in [-0.4, -0.2) is 12.4 Å². The highest BCUT2D eigenvalue weighted by Crippen LogP contribution is 2.57. The van der Waals surface area contributed by atoms with Crippen LogP contribution in [-0.2, 0) is 0 Å². The van der Waals surface area contributed by atoms with E-state index in [1.54, 1.807) is 0 Å². The fourth-order valence-corrected chi connectivity index (χ4v) is 3.51. The molecule has 3 unspecified atom stereocenters. The molecule has 6 heteroatoms. The smallest absolute Gasteiger partial charge is 0.171 e. The van der Waals surface area contributed by atoms with E-state index in [4.69, 9.17) is 0 Å². The summed E-state index contributed by atoms with van der Waals surface area (Å²) in [5.41, 5.74) is 0. The first-order valence-corrected chi connectivity index (χ1v) is 6.22. The summed E-state index contributed by atoms with van der Waals surface area (Å²) in [6.07, 6.45) is -7.39. The summed E-state index contributed by atoms with van der Waals surface area (Å²) in [6.45, 7) is 0. The summed E-state index contributed by atoms with van der Waals surface area (Å²) in [7, 11) is 0. The average Bonchev–Trinajstić information content (AvgIpc) is 2.24. The number of halogens is 6. The molecule has 0 bridgehead atoms. The molecule has 3 atom stereocenters. The molecule has 0 aromatic carbocycles. The molecular formula is C12H15F6. The van der Waals surface area contributed by atoms with Gasteiger partial charge in [-0.1, -0.05) is 19.3 Å². The van der Waals surface area contributed by atoms with Gasteiger partial charge in [0.05, 0.1) is 11.8 Å². The van der Waals surface area contributed by atoms with Crippen molar-refractivity contribution in [3.63, 3.8) is 0 Å². The highest BCUT2D eigenvalue weighted by Gasteiger charge is 2.61. The van der Waals surface area contributed by atoms with E-state index in [1.807, 2.05) is 0 Å². The molecule has 2 rings (SSSR count). The van der Waals surface area contributed by atoms with E-state index in [2.05, 4.69) is 0 Å². The van der Waals surface area contributed by atoms with Gasteiger partial charge in [-0.25, -0.2) is 0 Å². The standard InChI is InChI=1S/C12H15F6/c13-11(14,15)9-6-5-7-3-1-2-4-8(7)10(9)12(16,17)18/h7-9H,1-6H2. The van der Waals surface area contributed by atoms with Crippen molar-refractivity contribution >= 4 is 0 Å². The van der Waals surface area contributed by atoms with Crippen molar-refractivity contribution < 1.29 is 26.3 Å². The van der Waals surface area contributed by atoms with Crippen LogP contribution in [0.25, 0.3) is 0 Å². The molecule has 0 heterocycles. The van der Waals surface area contributed by atoms with Crippen LogP contribution in [0.15, 0.2) is 0 Å². The zero-order valence-electron chi connectivity index (χ0n) is 9.74. The molecule has 2 aliphatic carbocycles. The Labute approximate surface area is 102 Å². The topological polar surface area (TPSA) is 0 Å². The van der Waals surface area contributed by atoms with Gasteiger partial charge in [0, 0.05) is 0 Å². The Morgan fingerprint density at radius 2 is 1.39 bits per heavy atom. The van der Waals surface area contributed by atoms with Crippen LogP contribution < -0.4 is 0 Å². The Morgan fingerprint density at radius 3 is 1.94 bits per heavy atom. The highest BCUT2D eigenvalue weighted by atomic mass is 19.4. The molecule has 0 aromatic rings. The molecule has 0 aliphatic heterocycles. The largest absolute Gasteiger partial charge is 0.396 e. The van der Waals surface area contributed by atoms with E-state index in [-0.39, 0.29) is 18.8 Å². The summed E-state index contributed by atoms with van der Waals surface area (Å²) in [5.74, 6) is -4.59. The fourth-order valence-electron chi connectivity index (χ4n) is 3.51. The first-order valence-electron chi connectivity index (χ1n) is 6.22. The molecule has 0 nitrogen and oxygen atoms in total. The number of fused-ring (bicyclic) bond motifs is 1. The summed E-state index contributed by atoms with van der Waals surface area (Å²) < 4.78 is 77.1. The SMILES string of the molecule is FC(F)(F)[C]1C2CCCCC2CCC1C(F)(F)F. The number of alkyl halides is 6. The second-order valence-electron chi connectivity index (χ2n) is 5.28. The summed E-state index contributed by atoms with van der Waals surface area (Å²) in [6, 6.07) is 0. The minimum absolute atomic E-state index is 0.200. The van der Waals surface area contributed by atoms with Crippen LogP contribution >= 0.6 is 0 Å². The van der Waals surface area contributed by atoms with Gasteiger partial charge in [0.25, 0.3) is 0 Å². The maximum atomic E-state index is 13.0. The summed E-state index contributed by atoms with van der Waals surface area (Å²) in [5, 5.41) is 0. The Bertz CT molecular complexity index is 292. The van der Waals surface area contributed by atoms with Crippen LogP contribution in [0.4, 0.5) is 26.3 Å².